The van der Waals surface area contributed by atoms with Gasteiger partial charge in [0.2, 0.25) is 0 Å². The summed E-state index contributed by atoms with van der Waals surface area (Å²) >= 11 is 0. The van der Waals surface area contributed by atoms with E-state index in [9.17, 15) is 9.59 Å². The van der Waals surface area contributed by atoms with Gasteiger partial charge in [-0.3, -0.25) is 4.79 Å². The van der Waals surface area contributed by atoms with Crippen LogP contribution in [0.2, 0.25) is 0 Å². The van der Waals surface area contributed by atoms with Gasteiger partial charge in [0.1, 0.15) is 0 Å². The fourth-order valence-electron chi connectivity index (χ4n) is 1.35. The molecular formula is C12H15NO3. The van der Waals surface area contributed by atoms with Gasteiger partial charge in [0, 0.05) is 0 Å². The summed E-state index contributed by atoms with van der Waals surface area (Å²) in [7, 11) is 1.27. The van der Waals surface area contributed by atoms with Crippen molar-refractivity contribution in [1.82, 2.24) is 5.32 Å². The van der Waals surface area contributed by atoms with E-state index in [0.717, 1.165) is 5.56 Å². The van der Waals surface area contributed by atoms with E-state index < -0.39 is 12.1 Å². The lowest BCUT2D eigenvalue weighted by molar-refractivity contribution is -0.118. The predicted octanol–water partition coefficient (Wildman–Crippen LogP) is 1.54. The number of alkyl carbamates (subject to hydrolysis) is 1. The van der Waals surface area contributed by atoms with Crippen molar-refractivity contribution < 1.29 is 14.3 Å². The fourth-order valence-corrected chi connectivity index (χ4v) is 1.35. The van der Waals surface area contributed by atoms with Crippen LogP contribution in [0.15, 0.2) is 30.3 Å². The second-order valence-corrected chi connectivity index (χ2v) is 3.49. The Hall–Kier alpha value is -1.84. The van der Waals surface area contributed by atoms with E-state index in [1.165, 1.54) is 14.0 Å². The quantitative estimate of drug-likeness (QED) is 0.839. The summed E-state index contributed by atoms with van der Waals surface area (Å²) in [4.78, 5) is 22.4. The van der Waals surface area contributed by atoms with Crippen molar-refractivity contribution in [2.75, 3.05) is 7.11 Å². The molecule has 0 unspecified atom stereocenters. The smallest absolute Gasteiger partial charge is 0.407 e. The van der Waals surface area contributed by atoms with Crippen LogP contribution in [-0.4, -0.2) is 25.0 Å². The number of Topliss-reactive ketones (excluding diaryl/α,β-unsaturated/α-hetero) is 1. The molecule has 0 aliphatic carbocycles. The van der Waals surface area contributed by atoms with Crippen LogP contribution in [0.3, 0.4) is 0 Å². The number of amides is 1. The van der Waals surface area contributed by atoms with Crippen molar-refractivity contribution in [3.63, 3.8) is 0 Å². The summed E-state index contributed by atoms with van der Waals surface area (Å²) in [6.45, 7) is 1.45. The molecule has 0 bridgehead atoms. The topological polar surface area (TPSA) is 55.4 Å². The Morgan fingerprint density at radius 3 is 2.44 bits per heavy atom. The Morgan fingerprint density at radius 1 is 1.31 bits per heavy atom. The Bertz CT molecular complexity index is 362. The SMILES string of the molecule is COC(=O)N[C@@H](Cc1ccccc1)C(C)=O. The number of nitrogens with one attached hydrogen (secondary N) is 1. The van der Waals surface area contributed by atoms with Gasteiger partial charge in [-0.1, -0.05) is 30.3 Å². The van der Waals surface area contributed by atoms with Crippen LogP contribution in [0, 0.1) is 0 Å². The first-order valence-electron chi connectivity index (χ1n) is 5.02. The van der Waals surface area contributed by atoms with Crippen LogP contribution in [0.5, 0.6) is 0 Å². The van der Waals surface area contributed by atoms with Gasteiger partial charge in [0.05, 0.1) is 13.2 Å². The van der Waals surface area contributed by atoms with E-state index in [1.54, 1.807) is 0 Å². The number of rotatable bonds is 4. The van der Waals surface area contributed by atoms with E-state index in [2.05, 4.69) is 10.1 Å². The molecule has 4 heteroatoms. The zero-order chi connectivity index (χ0) is 12.0. The molecule has 1 N–H and O–H groups in total. The monoisotopic (exact) mass is 221 g/mol. The molecule has 16 heavy (non-hydrogen) atoms. The number of carbonyl (C=O) groups excluding carboxylic acids is 2. The number of benzene rings is 1. The highest BCUT2D eigenvalue weighted by atomic mass is 16.5. The number of ether oxygens (including phenoxy) is 1. The van der Waals surface area contributed by atoms with Crippen LogP contribution in [0.25, 0.3) is 0 Å². The molecule has 0 saturated heterocycles. The van der Waals surface area contributed by atoms with Crippen LogP contribution in [0.4, 0.5) is 4.79 Å². The molecule has 0 fully saturated rings. The summed E-state index contributed by atoms with van der Waals surface area (Å²) in [5.41, 5.74) is 0.999. The third kappa shape index (κ3) is 3.73. The fraction of sp³-hybridized carbons (Fsp3) is 0.333. The van der Waals surface area contributed by atoms with Crippen molar-refractivity contribution in [2.24, 2.45) is 0 Å². The molecule has 0 aliphatic heterocycles. The molecule has 0 radical (unpaired) electrons. The van der Waals surface area contributed by atoms with Gasteiger partial charge in [0.25, 0.3) is 0 Å². The van der Waals surface area contributed by atoms with E-state index in [-0.39, 0.29) is 5.78 Å². The number of ketones is 1. The highest BCUT2D eigenvalue weighted by Crippen LogP contribution is 2.04. The normalized spacial score (nSPS) is 11.6. The second-order valence-electron chi connectivity index (χ2n) is 3.49. The van der Waals surface area contributed by atoms with Crippen LogP contribution in [0.1, 0.15) is 12.5 Å². The number of hydrogen-bond acceptors (Lipinski definition) is 3. The number of carbonyl (C=O) groups is 2. The average molecular weight is 221 g/mol. The minimum Gasteiger partial charge on any atom is -0.453 e. The lowest BCUT2D eigenvalue weighted by Crippen LogP contribution is -2.41. The zero-order valence-electron chi connectivity index (χ0n) is 9.40. The van der Waals surface area contributed by atoms with Crippen molar-refractivity contribution in [3.8, 4) is 0 Å². The number of methoxy groups -OCH3 is 1. The van der Waals surface area contributed by atoms with Crippen molar-refractivity contribution >= 4 is 11.9 Å². The third-order valence-corrected chi connectivity index (χ3v) is 2.25. The molecule has 4 nitrogen and oxygen atoms in total. The summed E-state index contributed by atoms with van der Waals surface area (Å²) in [6.07, 6.45) is -0.109. The van der Waals surface area contributed by atoms with Crippen molar-refractivity contribution in [1.29, 1.82) is 0 Å². The van der Waals surface area contributed by atoms with Crippen LogP contribution >= 0.6 is 0 Å². The average Bonchev–Trinajstić information content (AvgIpc) is 2.29. The van der Waals surface area contributed by atoms with E-state index in [4.69, 9.17) is 0 Å². The molecule has 0 saturated carbocycles. The molecule has 1 rings (SSSR count). The highest BCUT2D eigenvalue weighted by Gasteiger charge is 2.17. The minimum atomic E-state index is -0.587. The molecule has 0 aromatic heterocycles. The zero-order valence-corrected chi connectivity index (χ0v) is 9.40. The standard InChI is InChI=1S/C12H15NO3/c1-9(14)11(13-12(15)16-2)8-10-6-4-3-5-7-10/h3-7,11H,8H2,1-2H3,(H,13,15)/t11-/m0/s1. The van der Waals surface area contributed by atoms with Crippen LogP contribution < -0.4 is 5.32 Å². The molecular weight excluding hydrogens is 206 g/mol. The van der Waals surface area contributed by atoms with Gasteiger partial charge < -0.3 is 10.1 Å². The molecule has 1 aromatic carbocycles. The van der Waals surface area contributed by atoms with Crippen molar-refractivity contribution in [3.05, 3.63) is 35.9 Å². The maximum atomic E-state index is 11.3. The third-order valence-electron chi connectivity index (χ3n) is 2.25. The first kappa shape index (κ1) is 12.2. The Balaban J connectivity index is 2.65. The second kappa shape index (κ2) is 5.90. The van der Waals surface area contributed by atoms with E-state index in [1.807, 2.05) is 30.3 Å². The first-order valence-corrected chi connectivity index (χ1v) is 5.02. The van der Waals surface area contributed by atoms with E-state index >= 15 is 0 Å². The van der Waals surface area contributed by atoms with Gasteiger partial charge in [-0.25, -0.2) is 4.79 Å². The Morgan fingerprint density at radius 2 is 1.94 bits per heavy atom. The Kier molecular flexibility index (Phi) is 4.51. The van der Waals surface area contributed by atoms with Gasteiger partial charge in [-0.15, -0.1) is 0 Å². The summed E-state index contributed by atoms with van der Waals surface area (Å²) in [5, 5.41) is 2.50. The van der Waals surface area contributed by atoms with Gasteiger partial charge >= 0.3 is 6.09 Å². The molecule has 86 valence electrons. The summed E-state index contributed by atoms with van der Waals surface area (Å²) in [6, 6.07) is 8.98. The first-order chi connectivity index (χ1) is 7.63. The predicted molar refractivity (Wildman–Crippen MR) is 60.2 cm³/mol. The minimum absolute atomic E-state index is 0.0887. The number of hydrogen-bond donors (Lipinski definition) is 1. The summed E-state index contributed by atoms with van der Waals surface area (Å²) < 4.78 is 4.47. The van der Waals surface area contributed by atoms with Crippen LogP contribution in [-0.2, 0) is 16.0 Å². The lowest BCUT2D eigenvalue weighted by Gasteiger charge is -2.14. The maximum absolute atomic E-state index is 11.3. The largest absolute Gasteiger partial charge is 0.453 e. The molecule has 1 aromatic rings. The van der Waals surface area contributed by atoms with Gasteiger partial charge in [0.15, 0.2) is 5.78 Å². The maximum Gasteiger partial charge on any atom is 0.407 e. The molecule has 1 atom stereocenters. The highest BCUT2D eigenvalue weighted by molar-refractivity contribution is 5.85. The molecule has 0 aliphatic rings. The molecule has 0 heterocycles. The van der Waals surface area contributed by atoms with Crippen molar-refractivity contribution in [2.45, 2.75) is 19.4 Å². The molecule has 0 spiro atoms. The van der Waals surface area contributed by atoms with E-state index in [0.29, 0.717) is 6.42 Å². The summed E-state index contributed by atoms with van der Waals surface area (Å²) in [5.74, 6) is -0.0887. The Labute approximate surface area is 94.6 Å². The van der Waals surface area contributed by atoms with Gasteiger partial charge in [-0.05, 0) is 18.9 Å². The lowest BCUT2D eigenvalue weighted by atomic mass is 10.0. The molecule has 1 amide bonds. The van der Waals surface area contributed by atoms with Gasteiger partial charge in [-0.2, -0.15) is 0 Å².